The highest BCUT2D eigenvalue weighted by Gasteiger charge is 2.27. The second-order valence-electron chi connectivity index (χ2n) is 4.70. The number of carbonyl (C=O) groups excluding carboxylic acids is 1. The van der Waals surface area contributed by atoms with Crippen molar-refractivity contribution in [3.05, 3.63) is 59.2 Å². The molecule has 0 heterocycles. The first-order valence-electron chi connectivity index (χ1n) is 6.27. The van der Waals surface area contributed by atoms with Gasteiger partial charge in [0, 0.05) is 0 Å². The summed E-state index contributed by atoms with van der Waals surface area (Å²) in [6.07, 6.45) is -4.89. The third-order valence-electron chi connectivity index (χ3n) is 2.85. The number of aldehydes is 1. The minimum absolute atomic E-state index is 0.0286. The van der Waals surface area contributed by atoms with Crippen LogP contribution in [0.15, 0.2) is 42.5 Å². The van der Waals surface area contributed by atoms with Crippen LogP contribution < -0.4 is 4.74 Å². The molecular weight excluding hydrogens is 281 g/mol. The smallest absolute Gasteiger partial charge is 0.393 e. The third-order valence-corrected chi connectivity index (χ3v) is 2.85. The van der Waals surface area contributed by atoms with E-state index in [9.17, 15) is 18.0 Å². The summed E-state index contributed by atoms with van der Waals surface area (Å²) >= 11 is 0. The average molecular weight is 294 g/mol. The first-order chi connectivity index (χ1) is 9.87. The van der Waals surface area contributed by atoms with Gasteiger partial charge in [0.05, 0.1) is 12.0 Å². The monoisotopic (exact) mass is 294 g/mol. The van der Waals surface area contributed by atoms with Gasteiger partial charge in [-0.15, -0.1) is 0 Å². The summed E-state index contributed by atoms with van der Waals surface area (Å²) in [4.78, 5) is 11.0. The fourth-order valence-electron chi connectivity index (χ4n) is 1.86. The molecule has 0 amide bonds. The molecule has 2 aromatic rings. The minimum atomic E-state index is -4.31. The second-order valence-corrected chi connectivity index (χ2v) is 4.70. The maximum Gasteiger partial charge on any atom is 0.393 e. The summed E-state index contributed by atoms with van der Waals surface area (Å²) in [7, 11) is 0. The maximum atomic E-state index is 12.3. The van der Waals surface area contributed by atoms with Crippen molar-refractivity contribution in [3.8, 4) is 11.5 Å². The Balaban J connectivity index is 2.24. The predicted molar refractivity (Wildman–Crippen MR) is 72.8 cm³/mol. The van der Waals surface area contributed by atoms with E-state index in [-0.39, 0.29) is 16.9 Å². The van der Waals surface area contributed by atoms with Gasteiger partial charge in [-0.3, -0.25) is 4.79 Å². The molecule has 0 aliphatic heterocycles. The molecule has 0 aliphatic carbocycles. The van der Waals surface area contributed by atoms with Crippen molar-refractivity contribution in [3.63, 3.8) is 0 Å². The molecule has 0 unspecified atom stereocenters. The standard InChI is InChI=1S/C16H13F3O2/c1-11-2-5-14(6-3-11)21-15-7-4-12(8-13(15)10-20)9-16(17,18)19/h2-8,10H,9H2,1H3. The number of ether oxygens (including phenoxy) is 1. The zero-order chi connectivity index (χ0) is 15.5. The quantitative estimate of drug-likeness (QED) is 0.764. The number of hydrogen-bond acceptors (Lipinski definition) is 2. The Hall–Kier alpha value is -2.30. The van der Waals surface area contributed by atoms with Crippen LogP contribution in [0, 0.1) is 6.92 Å². The van der Waals surface area contributed by atoms with Gasteiger partial charge in [0.15, 0.2) is 6.29 Å². The van der Waals surface area contributed by atoms with Crippen LogP contribution in [0.1, 0.15) is 21.5 Å². The number of benzene rings is 2. The molecule has 0 saturated carbocycles. The highest BCUT2D eigenvalue weighted by molar-refractivity contribution is 5.80. The van der Waals surface area contributed by atoms with E-state index in [0.717, 1.165) is 5.56 Å². The number of carbonyl (C=O) groups is 1. The zero-order valence-corrected chi connectivity index (χ0v) is 11.3. The van der Waals surface area contributed by atoms with E-state index < -0.39 is 12.6 Å². The van der Waals surface area contributed by atoms with Crippen molar-refractivity contribution in [1.29, 1.82) is 0 Å². The lowest BCUT2D eigenvalue weighted by Crippen LogP contribution is -2.11. The van der Waals surface area contributed by atoms with E-state index in [2.05, 4.69) is 0 Å². The largest absolute Gasteiger partial charge is 0.457 e. The number of halogens is 3. The number of hydrogen-bond donors (Lipinski definition) is 0. The van der Waals surface area contributed by atoms with Crippen molar-refractivity contribution in [2.24, 2.45) is 0 Å². The summed E-state index contributed by atoms with van der Waals surface area (Å²) in [5.41, 5.74) is 1.18. The first-order valence-corrected chi connectivity index (χ1v) is 6.27. The molecule has 0 spiro atoms. The van der Waals surface area contributed by atoms with Gasteiger partial charge >= 0.3 is 6.18 Å². The highest BCUT2D eigenvalue weighted by Crippen LogP contribution is 2.28. The van der Waals surface area contributed by atoms with Crippen molar-refractivity contribution < 1.29 is 22.7 Å². The number of aryl methyl sites for hydroxylation is 1. The number of rotatable bonds is 4. The molecule has 2 nitrogen and oxygen atoms in total. The Morgan fingerprint density at radius 1 is 1.10 bits per heavy atom. The van der Waals surface area contributed by atoms with E-state index in [1.807, 2.05) is 19.1 Å². The highest BCUT2D eigenvalue weighted by atomic mass is 19.4. The Morgan fingerprint density at radius 3 is 2.33 bits per heavy atom. The van der Waals surface area contributed by atoms with Crippen LogP contribution in [0.25, 0.3) is 0 Å². The van der Waals surface area contributed by atoms with E-state index in [0.29, 0.717) is 12.0 Å². The van der Waals surface area contributed by atoms with Crippen molar-refractivity contribution in [1.82, 2.24) is 0 Å². The van der Waals surface area contributed by atoms with Crippen LogP contribution in [0.5, 0.6) is 11.5 Å². The molecule has 2 rings (SSSR count). The van der Waals surface area contributed by atoms with Gasteiger partial charge in [-0.05, 0) is 36.8 Å². The molecule has 2 aromatic carbocycles. The van der Waals surface area contributed by atoms with Gasteiger partial charge < -0.3 is 4.74 Å². The molecule has 0 radical (unpaired) electrons. The van der Waals surface area contributed by atoms with Gasteiger partial charge in [-0.2, -0.15) is 13.2 Å². The van der Waals surface area contributed by atoms with E-state index in [1.165, 1.54) is 18.2 Å². The molecule has 0 aliphatic rings. The molecular formula is C16H13F3O2. The Bertz CT molecular complexity index is 631. The second kappa shape index (κ2) is 5.99. The van der Waals surface area contributed by atoms with Crippen LogP contribution in [0.2, 0.25) is 0 Å². The fraction of sp³-hybridized carbons (Fsp3) is 0.188. The Morgan fingerprint density at radius 2 is 1.76 bits per heavy atom. The van der Waals surface area contributed by atoms with Gasteiger partial charge in [0.25, 0.3) is 0 Å². The van der Waals surface area contributed by atoms with Gasteiger partial charge in [0.2, 0.25) is 0 Å². The number of alkyl halides is 3. The summed E-state index contributed by atoms with van der Waals surface area (Å²) in [6.45, 7) is 1.92. The maximum absolute atomic E-state index is 12.3. The van der Waals surface area contributed by atoms with Crippen LogP contribution in [0.4, 0.5) is 13.2 Å². The lowest BCUT2D eigenvalue weighted by atomic mass is 10.1. The predicted octanol–water partition coefficient (Wildman–Crippen LogP) is 4.70. The molecule has 110 valence electrons. The van der Waals surface area contributed by atoms with Crippen molar-refractivity contribution in [2.75, 3.05) is 0 Å². The van der Waals surface area contributed by atoms with Gasteiger partial charge in [-0.25, -0.2) is 0 Å². The lowest BCUT2D eigenvalue weighted by molar-refractivity contribution is -0.127. The molecule has 0 bridgehead atoms. The van der Waals surface area contributed by atoms with Crippen molar-refractivity contribution in [2.45, 2.75) is 19.5 Å². The van der Waals surface area contributed by atoms with Crippen LogP contribution in [-0.4, -0.2) is 12.5 Å². The van der Waals surface area contributed by atoms with Gasteiger partial charge in [0.1, 0.15) is 11.5 Å². The Kier molecular flexibility index (Phi) is 4.31. The summed E-state index contributed by atoms with van der Waals surface area (Å²) in [5.74, 6) is 0.757. The zero-order valence-electron chi connectivity index (χ0n) is 11.3. The lowest BCUT2D eigenvalue weighted by Gasteiger charge is -2.11. The molecule has 5 heteroatoms. The van der Waals surface area contributed by atoms with Gasteiger partial charge in [-0.1, -0.05) is 23.8 Å². The first kappa shape index (κ1) is 15.1. The van der Waals surface area contributed by atoms with Crippen molar-refractivity contribution >= 4 is 6.29 Å². The summed E-state index contributed by atoms with van der Waals surface area (Å²) < 4.78 is 42.6. The van der Waals surface area contributed by atoms with E-state index >= 15 is 0 Å². The van der Waals surface area contributed by atoms with E-state index in [1.54, 1.807) is 12.1 Å². The third kappa shape index (κ3) is 4.34. The topological polar surface area (TPSA) is 26.3 Å². The molecule has 0 aromatic heterocycles. The summed E-state index contributed by atoms with van der Waals surface area (Å²) in [6, 6.07) is 11.0. The minimum Gasteiger partial charge on any atom is -0.457 e. The van der Waals surface area contributed by atoms with Crippen LogP contribution in [0.3, 0.4) is 0 Å². The SMILES string of the molecule is Cc1ccc(Oc2ccc(CC(F)(F)F)cc2C=O)cc1. The molecule has 0 fully saturated rings. The molecule has 0 N–H and O–H groups in total. The van der Waals surface area contributed by atoms with Crippen LogP contribution in [-0.2, 0) is 6.42 Å². The molecule has 0 saturated heterocycles. The normalized spacial score (nSPS) is 11.2. The fourth-order valence-corrected chi connectivity index (χ4v) is 1.86. The van der Waals surface area contributed by atoms with Crippen LogP contribution >= 0.6 is 0 Å². The Labute approximate surface area is 120 Å². The average Bonchev–Trinajstić information content (AvgIpc) is 2.41. The summed E-state index contributed by atoms with van der Waals surface area (Å²) in [5, 5.41) is 0. The molecule has 21 heavy (non-hydrogen) atoms. The van der Waals surface area contributed by atoms with E-state index in [4.69, 9.17) is 4.74 Å². The molecule has 0 atom stereocenters.